The first-order valence-corrected chi connectivity index (χ1v) is 4.82. The molecular formula is C12H10N2O2. The number of urea groups is 1. The number of hydrogen-bond acceptors (Lipinski definition) is 2. The van der Waals surface area contributed by atoms with Gasteiger partial charge in [0.15, 0.2) is 0 Å². The standard InChI is InChI=1S/C12H10N2O2/c1-2-8-4-3-5-9(6-8)10-7-13-12(16)14-11(10)15/h2-7,10H,1H2,(H,14,15,16). The Hall–Kier alpha value is -2.23. The van der Waals surface area contributed by atoms with Crippen molar-refractivity contribution in [3.8, 4) is 0 Å². The van der Waals surface area contributed by atoms with E-state index < -0.39 is 11.9 Å². The van der Waals surface area contributed by atoms with E-state index in [1.54, 1.807) is 6.08 Å². The molecule has 0 bridgehead atoms. The van der Waals surface area contributed by atoms with Crippen LogP contribution < -0.4 is 5.32 Å². The van der Waals surface area contributed by atoms with Crippen molar-refractivity contribution in [3.63, 3.8) is 0 Å². The van der Waals surface area contributed by atoms with Gasteiger partial charge in [0.2, 0.25) is 5.91 Å². The van der Waals surface area contributed by atoms with E-state index in [9.17, 15) is 9.59 Å². The molecule has 0 aliphatic carbocycles. The van der Waals surface area contributed by atoms with Crippen molar-refractivity contribution in [3.05, 3.63) is 42.0 Å². The van der Waals surface area contributed by atoms with E-state index in [2.05, 4.69) is 16.9 Å². The highest BCUT2D eigenvalue weighted by Gasteiger charge is 2.24. The zero-order valence-corrected chi connectivity index (χ0v) is 8.51. The van der Waals surface area contributed by atoms with E-state index in [1.807, 2.05) is 24.3 Å². The monoisotopic (exact) mass is 214 g/mol. The molecule has 0 saturated heterocycles. The molecule has 0 fully saturated rings. The van der Waals surface area contributed by atoms with Gasteiger partial charge in [-0.2, -0.15) is 0 Å². The number of benzene rings is 1. The summed E-state index contributed by atoms with van der Waals surface area (Å²) < 4.78 is 0. The molecule has 1 N–H and O–H groups in total. The number of rotatable bonds is 2. The molecule has 4 nitrogen and oxygen atoms in total. The molecule has 1 heterocycles. The minimum atomic E-state index is -0.610. The van der Waals surface area contributed by atoms with Crippen LogP contribution in [0.3, 0.4) is 0 Å². The summed E-state index contributed by atoms with van der Waals surface area (Å²) in [6.45, 7) is 3.66. The number of imide groups is 1. The van der Waals surface area contributed by atoms with Crippen LogP contribution in [0.2, 0.25) is 0 Å². The molecule has 0 radical (unpaired) electrons. The van der Waals surface area contributed by atoms with Gasteiger partial charge in [-0.15, -0.1) is 0 Å². The Morgan fingerprint density at radius 2 is 2.19 bits per heavy atom. The summed E-state index contributed by atoms with van der Waals surface area (Å²) in [6, 6.07) is 6.78. The Bertz CT molecular complexity index is 492. The fourth-order valence-corrected chi connectivity index (χ4v) is 1.54. The summed E-state index contributed by atoms with van der Waals surface area (Å²) in [6.07, 6.45) is 3.07. The normalized spacial score (nSPS) is 19.4. The predicted octanol–water partition coefficient (Wildman–Crippen LogP) is 1.73. The first-order chi connectivity index (χ1) is 7.70. The quantitative estimate of drug-likeness (QED) is 0.815. The van der Waals surface area contributed by atoms with Crippen LogP contribution in [0, 0.1) is 0 Å². The highest BCUT2D eigenvalue weighted by molar-refractivity contribution is 6.12. The maximum Gasteiger partial charge on any atom is 0.347 e. The number of amides is 3. The van der Waals surface area contributed by atoms with Crippen molar-refractivity contribution >= 4 is 24.2 Å². The Morgan fingerprint density at radius 3 is 2.88 bits per heavy atom. The minimum Gasteiger partial charge on any atom is -0.275 e. The van der Waals surface area contributed by atoms with Crippen LogP contribution in [0.4, 0.5) is 4.79 Å². The van der Waals surface area contributed by atoms with E-state index in [0.29, 0.717) is 0 Å². The van der Waals surface area contributed by atoms with Gasteiger partial charge in [0.25, 0.3) is 0 Å². The summed E-state index contributed by atoms with van der Waals surface area (Å²) in [5, 5.41) is 2.16. The number of hydrogen-bond donors (Lipinski definition) is 1. The van der Waals surface area contributed by atoms with Gasteiger partial charge in [0, 0.05) is 6.21 Å². The topological polar surface area (TPSA) is 58.5 Å². The lowest BCUT2D eigenvalue weighted by Crippen LogP contribution is -2.37. The van der Waals surface area contributed by atoms with Gasteiger partial charge in [-0.05, 0) is 11.1 Å². The lowest BCUT2D eigenvalue weighted by Gasteiger charge is -2.15. The van der Waals surface area contributed by atoms with Gasteiger partial charge in [-0.1, -0.05) is 36.9 Å². The smallest absolute Gasteiger partial charge is 0.275 e. The Balaban J connectivity index is 2.36. The summed E-state index contributed by atoms with van der Waals surface area (Å²) >= 11 is 0. The predicted molar refractivity (Wildman–Crippen MR) is 61.3 cm³/mol. The molecule has 80 valence electrons. The van der Waals surface area contributed by atoms with Crippen LogP contribution in [0.5, 0.6) is 0 Å². The Morgan fingerprint density at radius 1 is 1.38 bits per heavy atom. The van der Waals surface area contributed by atoms with Gasteiger partial charge in [-0.3, -0.25) is 10.1 Å². The summed E-state index contributed by atoms with van der Waals surface area (Å²) in [5.41, 5.74) is 1.72. The van der Waals surface area contributed by atoms with E-state index in [1.165, 1.54) is 6.21 Å². The molecule has 2 rings (SSSR count). The third-order valence-electron chi connectivity index (χ3n) is 2.36. The van der Waals surface area contributed by atoms with Crippen LogP contribution in [0.25, 0.3) is 6.08 Å². The van der Waals surface area contributed by atoms with Crippen molar-refractivity contribution in [1.82, 2.24) is 5.32 Å². The maximum atomic E-state index is 11.6. The minimum absolute atomic E-state index is 0.346. The second kappa shape index (κ2) is 4.10. The number of nitrogens with zero attached hydrogens (tertiary/aromatic N) is 1. The highest BCUT2D eigenvalue weighted by Crippen LogP contribution is 2.18. The van der Waals surface area contributed by atoms with Gasteiger partial charge < -0.3 is 0 Å². The third kappa shape index (κ3) is 1.91. The van der Waals surface area contributed by atoms with Gasteiger partial charge in [0.05, 0.1) is 5.92 Å². The molecule has 1 aliphatic rings. The maximum absolute atomic E-state index is 11.6. The van der Waals surface area contributed by atoms with Crippen molar-refractivity contribution in [2.45, 2.75) is 5.92 Å². The Labute approximate surface area is 92.7 Å². The molecule has 1 atom stereocenters. The fourth-order valence-electron chi connectivity index (χ4n) is 1.54. The van der Waals surface area contributed by atoms with Crippen molar-refractivity contribution in [2.75, 3.05) is 0 Å². The second-order valence-electron chi connectivity index (χ2n) is 3.42. The molecule has 0 saturated carbocycles. The Kier molecular flexibility index (Phi) is 2.64. The first kappa shape index (κ1) is 10.3. The molecule has 1 aromatic rings. The molecule has 3 amide bonds. The van der Waals surface area contributed by atoms with Gasteiger partial charge in [-0.25, -0.2) is 9.79 Å². The molecule has 1 aliphatic heterocycles. The molecule has 0 spiro atoms. The average molecular weight is 214 g/mol. The van der Waals surface area contributed by atoms with E-state index >= 15 is 0 Å². The van der Waals surface area contributed by atoms with Crippen molar-refractivity contribution in [2.24, 2.45) is 4.99 Å². The molecule has 1 unspecified atom stereocenters. The highest BCUT2D eigenvalue weighted by atomic mass is 16.2. The van der Waals surface area contributed by atoms with Gasteiger partial charge in [0.1, 0.15) is 0 Å². The van der Waals surface area contributed by atoms with Crippen molar-refractivity contribution in [1.29, 1.82) is 0 Å². The number of aliphatic imine (C=N–C) groups is 1. The largest absolute Gasteiger partial charge is 0.347 e. The number of carbonyl (C=O) groups excluding carboxylic acids is 2. The molecule has 0 aromatic heterocycles. The van der Waals surface area contributed by atoms with Crippen LogP contribution in [0.15, 0.2) is 35.8 Å². The SMILES string of the molecule is C=Cc1cccc(C2C=NC(=O)NC2=O)c1. The average Bonchev–Trinajstić information content (AvgIpc) is 2.29. The molecule has 1 aromatic carbocycles. The number of nitrogens with one attached hydrogen (secondary N) is 1. The summed E-state index contributed by atoms with van der Waals surface area (Å²) in [7, 11) is 0. The summed E-state index contributed by atoms with van der Waals surface area (Å²) in [4.78, 5) is 26.0. The van der Waals surface area contributed by atoms with Crippen molar-refractivity contribution < 1.29 is 9.59 Å². The van der Waals surface area contributed by atoms with Crippen LogP contribution in [-0.2, 0) is 4.79 Å². The third-order valence-corrected chi connectivity index (χ3v) is 2.36. The molecular weight excluding hydrogens is 204 g/mol. The second-order valence-corrected chi connectivity index (χ2v) is 3.42. The van der Waals surface area contributed by atoms with Crippen LogP contribution in [0.1, 0.15) is 17.0 Å². The van der Waals surface area contributed by atoms with Gasteiger partial charge >= 0.3 is 6.03 Å². The van der Waals surface area contributed by atoms with E-state index in [-0.39, 0.29) is 5.91 Å². The molecule has 4 heteroatoms. The molecule has 16 heavy (non-hydrogen) atoms. The van der Waals surface area contributed by atoms with Crippen LogP contribution >= 0.6 is 0 Å². The lowest BCUT2D eigenvalue weighted by atomic mass is 9.97. The zero-order valence-electron chi connectivity index (χ0n) is 8.51. The van der Waals surface area contributed by atoms with E-state index in [0.717, 1.165) is 11.1 Å². The first-order valence-electron chi connectivity index (χ1n) is 4.82. The summed E-state index contributed by atoms with van der Waals surface area (Å²) in [5.74, 6) is -0.848. The van der Waals surface area contributed by atoms with Crippen LogP contribution in [-0.4, -0.2) is 18.2 Å². The zero-order chi connectivity index (χ0) is 11.5. The lowest BCUT2D eigenvalue weighted by molar-refractivity contribution is -0.120. The number of carbonyl (C=O) groups is 2. The fraction of sp³-hybridized carbons (Fsp3) is 0.0833. The van der Waals surface area contributed by atoms with E-state index in [4.69, 9.17) is 0 Å².